The molecule has 3 fully saturated rings. The first kappa shape index (κ1) is 30.4. The Morgan fingerprint density at radius 3 is 1.41 bits per heavy atom. The zero-order valence-electron chi connectivity index (χ0n) is 19.6. The van der Waals surface area contributed by atoms with Crippen LogP contribution in [-0.4, -0.2) is 169 Å². The predicted molar refractivity (Wildman–Crippen MR) is 111 cm³/mol. The van der Waals surface area contributed by atoms with Crippen molar-refractivity contribution in [2.45, 2.75) is 99.0 Å². The lowest BCUT2D eigenvalue weighted by Crippen LogP contribution is -2.66. The molecule has 0 amide bonds. The summed E-state index contributed by atoms with van der Waals surface area (Å²) < 4.78 is 31.6. The van der Waals surface area contributed by atoms with Crippen molar-refractivity contribution in [2.75, 3.05) is 19.8 Å². The Morgan fingerprint density at radius 2 is 0.973 bits per heavy atom. The zero-order valence-corrected chi connectivity index (χ0v) is 19.6. The molecule has 3 rings (SSSR count). The summed E-state index contributed by atoms with van der Waals surface area (Å²) in [6, 6.07) is 0. The van der Waals surface area contributed by atoms with Crippen molar-refractivity contribution in [1.29, 1.82) is 0 Å². The van der Waals surface area contributed by atoms with Gasteiger partial charge in [-0.05, 0) is 0 Å². The minimum Gasteiger partial charge on any atom is -0.457 e. The summed E-state index contributed by atoms with van der Waals surface area (Å²) in [5, 5.41) is 101. The van der Waals surface area contributed by atoms with Gasteiger partial charge < -0.3 is 79.5 Å². The van der Waals surface area contributed by atoms with Crippen LogP contribution in [0, 0.1) is 0 Å². The maximum Gasteiger partial charge on any atom is 0.303 e. The van der Waals surface area contributed by atoms with E-state index in [1.165, 1.54) is 0 Å². The molecule has 0 saturated carbocycles. The quantitative estimate of drug-likeness (QED) is 0.127. The molecule has 3 aliphatic rings. The number of aliphatic hydroxyl groups is 10. The molecule has 15 atom stereocenters. The van der Waals surface area contributed by atoms with E-state index in [2.05, 4.69) is 0 Å². The second-order valence-electron chi connectivity index (χ2n) is 8.92. The SMILES string of the molecule is CC(=O)O[C@H]1[C@H](O)[C@@H](O)[C@H](O[C@H]2[C@H](O)[C@@H](O)[C@H](O[C@H]3[C@H](O)[C@@H](O)C(O)O[C@@H]3CO)O[C@@H]2CO)O[C@@H]1CO. The van der Waals surface area contributed by atoms with Crippen LogP contribution in [0.3, 0.4) is 0 Å². The first-order valence-corrected chi connectivity index (χ1v) is 11.5. The van der Waals surface area contributed by atoms with E-state index < -0.39 is 118 Å². The molecule has 0 aromatic carbocycles. The van der Waals surface area contributed by atoms with Crippen molar-refractivity contribution < 1.29 is 84.3 Å². The summed E-state index contributed by atoms with van der Waals surface area (Å²) in [5.74, 6) is -0.817. The van der Waals surface area contributed by atoms with Gasteiger partial charge in [-0.1, -0.05) is 0 Å². The van der Waals surface area contributed by atoms with Crippen LogP contribution in [-0.2, 0) is 33.2 Å². The van der Waals surface area contributed by atoms with Crippen molar-refractivity contribution in [3.8, 4) is 0 Å². The van der Waals surface area contributed by atoms with Crippen molar-refractivity contribution in [3.63, 3.8) is 0 Å². The first-order chi connectivity index (χ1) is 17.4. The molecule has 1 unspecified atom stereocenters. The van der Waals surface area contributed by atoms with Crippen LogP contribution in [0.2, 0.25) is 0 Å². The van der Waals surface area contributed by atoms with Gasteiger partial charge in [-0.3, -0.25) is 4.79 Å². The number of aliphatic hydroxyl groups excluding tert-OH is 10. The number of rotatable bonds is 8. The summed E-state index contributed by atoms with van der Waals surface area (Å²) in [6.45, 7) is -1.33. The van der Waals surface area contributed by atoms with Crippen LogP contribution in [0.1, 0.15) is 6.92 Å². The van der Waals surface area contributed by atoms with E-state index in [1.807, 2.05) is 0 Å². The van der Waals surface area contributed by atoms with Gasteiger partial charge in [-0.25, -0.2) is 0 Å². The molecule has 3 heterocycles. The molecule has 0 aromatic rings. The summed E-state index contributed by atoms with van der Waals surface area (Å²) in [6.07, 6.45) is -25.2. The number of ether oxygens (including phenoxy) is 6. The third kappa shape index (κ3) is 6.38. The number of carbonyl (C=O) groups is 1. The molecule has 17 heteroatoms. The minimum atomic E-state index is -1.93. The van der Waals surface area contributed by atoms with Crippen LogP contribution in [0.4, 0.5) is 0 Å². The average Bonchev–Trinajstić information content (AvgIpc) is 2.87. The molecule has 0 aromatic heterocycles. The van der Waals surface area contributed by atoms with Crippen molar-refractivity contribution >= 4 is 5.97 Å². The highest BCUT2D eigenvalue weighted by Gasteiger charge is 2.53. The number of carbonyl (C=O) groups excluding carboxylic acids is 1. The zero-order chi connectivity index (χ0) is 27.6. The Bertz CT molecular complexity index is 736. The van der Waals surface area contributed by atoms with E-state index in [0.29, 0.717) is 0 Å². The fourth-order valence-electron chi connectivity index (χ4n) is 4.38. The molecule has 10 N–H and O–H groups in total. The Hall–Kier alpha value is -1.13. The van der Waals surface area contributed by atoms with Crippen LogP contribution in [0.25, 0.3) is 0 Å². The molecular weight excluding hydrogens is 512 g/mol. The van der Waals surface area contributed by atoms with Crippen LogP contribution in [0.5, 0.6) is 0 Å². The van der Waals surface area contributed by atoms with Gasteiger partial charge in [0.15, 0.2) is 25.0 Å². The summed E-state index contributed by atoms with van der Waals surface area (Å²) >= 11 is 0. The summed E-state index contributed by atoms with van der Waals surface area (Å²) in [7, 11) is 0. The summed E-state index contributed by atoms with van der Waals surface area (Å²) in [5.41, 5.74) is 0. The molecule has 0 spiro atoms. The van der Waals surface area contributed by atoms with E-state index in [-0.39, 0.29) is 0 Å². The third-order valence-corrected chi connectivity index (χ3v) is 6.37. The Kier molecular flexibility index (Phi) is 10.5. The maximum atomic E-state index is 11.3. The molecule has 17 nitrogen and oxygen atoms in total. The van der Waals surface area contributed by atoms with Crippen molar-refractivity contribution in [2.24, 2.45) is 0 Å². The fraction of sp³-hybridized carbons (Fsp3) is 0.950. The van der Waals surface area contributed by atoms with Gasteiger partial charge in [0.25, 0.3) is 0 Å². The van der Waals surface area contributed by atoms with Crippen LogP contribution >= 0.6 is 0 Å². The molecule has 0 bridgehead atoms. The van der Waals surface area contributed by atoms with Crippen LogP contribution in [0.15, 0.2) is 0 Å². The Balaban J connectivity index is 1.72. The Morgan fingerprint density at radius 1 is 0.595 bits per heavy atom. The van der Waals surface area contributed by atoms with E-state index in [9.17, 15) is 55.9 Å². The monoisotopic (exact) mass is 546 g/mol. The van der Waals surface area contributed by atoms with Crippen molar-refractivity contribution in [3.05, 3.63) is 0 Å². The molecule has 216 valence electrons. The smallest absolute Gasteiger partial charge is 0.303 e. The van der Waals surface area contributed by atoms with Gasteiger partial charge in [0.1, 0.15) is 67.1 Å². The predicted octanol–water partition coefficient (Wildman–Crippen LogP) is -7.00. The van der Waals surface area contributed by atoms with Crippen LogP contribution < -0.4 is 0 Å². The van der Waals surface area contributed by atoms with E-state index in [4.69, 9.17) is 28.4 Å². The second-order valence-corrected chi connectivity index (χ2v) is 8.92. The van der Waals surface area contributed by atoms with E-state index in [1.54, 1.807) is 0 Å². The standard InChI is InChI=1S/C20H34O17/c1-5(24)32-15-7(3-22)34-19(13(29)10(15)26)37-17-8(4-23)35-20(14(30)11(17)27)36-16-6(2-21)33-18(31)12(28)9(16)25/h6-23,25-31H,2-4H2,1H3/t6-,7-,8-,9-,10-,11-,12-,13-,14-,15-,16-,17-,18?,19+,20+/m1/s1. The third-order valence-electron chi connectivity index (χ3n) is 6.37. The van der Waals surface area contributed by atoms with Gasteiger partial charge >= 0.3 is 5.97 Å². The Labute approximate surface area is 209 Å². The number of esters is 1. The molecule has 3 saturated heterocycles. The van der Waals surface area contributed by atoms with Crippen molar-refractivity contribution in [1.82, 2.24) is 0 Å². The lowest BCUT2D eigenvalue weighted by molar-refractivity contribution is -0.377. The molecule has 37 heavy (non-hydrogen) atoms. The van der Waals surface area contributed by atoms with E-state index >= 15 is 0 Å². The van der Waals surface area contributed by atoms with Gasteiger partial charge in [0.2, 0.25) is 0 Å². The summed E-state index contributed by atoms with van der Waals surface area (Å²) in [4.78, 5) is 11.3. The highest BCUT2D eigenvalue weighted by molar-refractivity contribution is 5.66. The maximum absolute atomic E-state index is 11.3. The average molecular weight is 546 g/mol. The molecule has 0 radical (unpaired) electrons. The molecule has 3 aliphatic heterocycles. The number of hydrogen-bond donors (Lipinski definition) is 10. The number of hydrogen-bond acceptors (Lipinski definition) is 17. The van der Waals surface area contributed by atoms with Gasteiger partial charge in [0, 0.05) is 6.92 Å². The largest absolute Gasteiger partial charge is 0.457 e. The lowest BCUT2D eigenvalue weighted by Gasteiger charge is -2.48. The highest BCUT2D eigenvalue weighted by Crippen LogP contribution is 2.32. The van der Waals surface area contributed by atoms with Gasteiger partial charge in [0.05, 0.1) is 19.8 Å². The van der Waals surface area contributed by atoms with Gasteiger partial charge in [-0.15, -0.1) is 0 Å². The molecule has 0 aliphatic carbocycles. The second kappa shape index (κ2) is 12.8. The normalized spacial score (nSPS) is 49.0. The van der Waals surface area contributed by atoms with Gasteiger partial charge in [-0.2, -0.15) is 0 Å². The topological polar surface area (TPSA) is 275 Å². The molecular formula is C20H34O17. The van der Waals surface area contributed by atoms with E-state index in [0.717, 1.165) is 6.92 Å². The minimum absolute atomic E-state index is 0.758. The first-order valence-electron chi connectivity index (χ1n) is 11.5. The highest BCUT2D eigenvalue weighted by atomic mass is 16.8. The fourth-order valence-corrected chi connectivity index (χ4v) is 4.38. The lowest BCUT2D eigenvalue weighted by atomic mass is 9.96.